The molecule has 1 aromatic rings. The van der Waals surface area contributed by atoms with Crippen molar-refractivity contribution >= 4 is 23.5 Å². The highest BCUT2D eigenvalue weighted by molar-refractivity contribution is 7.99. The highest BCUT2D eigenvalue weighted by Gasteiger charge is 2.34. The zero-order valence-corrected chi connectivity index (χ0v) is 12.6. The van der Waals surface area contributed by atoms with Crippen molar-refractivity contribution in [1.82, 2.24) is 5.32 Å². The summed E-state index contributed by atoms with van der Waals surface area (Å²) in [5.41, 5.74) is 0.512. The summed E-state index contributed by atoms with van der Waals surface area (Å²) in [6, 6.07) is 6.99. The lowest BCUT2D eigenvalue weighted by Crippen LogP contribution is -2.45. The monoisotopic (exact) mass is 296 g/mol. The van der Waals surface area contributed by atoms with E-state index in [-0.39, 0.29) is 11.6 Å². The van der Waals surface area contributed by atoms with Gasteiger partial charge in [-0.15, -0.1) is 0 Å². The first-order valence-electron chi connectivity index (χ1n) is 6.49. The summed E-state index contributed by atoms with van der Waals surface area (Å²) in [6.45, 7) is 0.526. The molecule has 0 saturated carbocycles. The Kier molecular flexibility index (Phi) is 5.14. The van der Waals surface area contributed by atoms with Crippen LogP contribution in [-0.2, 0) is 4.74 Å². The fourth-order valence-electron chi connectivity index (χ4n) is 2.05. The molecule has 1 fully saturated rings. The summed E-state index contributed by atoms with van der Waals surface area (Å²) in [7, 11) is 3.31. The molecule has 2 N–H and O–H groups in total. The largest absolute Gasteiger partial charge is 0.497 e. The van der Waals surface area contributed by atoms with Crippen LogP contribution in [0.3, 0.4) is 0 Å². The minimum absolute atomic E-state index is 0.219. The molecule has 1 aliphatic heterocycles. The zero-order valence-electron chi connectivity index (χ0n) is 11.8. The highest BCUT2D eigenvalue weighted by atomic mass is 32.2. The van der Waals surface area contributed by atoms with E-state index in [0.29, 0.717) is 6.54 Å². The van der Waals surface area contributed by atoms with Crippen molar-refractivity contribution in [2.45, 2.75) is 12.0 Å². The molecule has 20 heavy (non-hydrogen) atoms. The van der Waals surface area contributed by atoms with Crippen molar-refractivity contribution < 1.29 is 14.3 Å². The van der Waals surface area contributed by atoms with Crippen molar-refractivity contribution in [2.24, 2.45) is 0 Å². The smallest absolute Gasteiger partial charge is 0.319 e. The van der Waals surface area contributed by atoms with Crippen LogP contribution in [0.5, 0.6) is 5.75 Å². The number of methoxy groups -OCH3 is 2. The molecule has 1 saturated heterocycles. The Morgan fingerprint density at radius 1 is 1.35 bits per heavy atom. The first-order valence-corrected chi connectivity index (χ1v) is 7.65. The van der Waals surface area contributed by atoms with E-state index in [4.69, 9.17) is 9.47 Å². The quantitative estimate of drug-likeness (QED) is 0.875. The summed E-state index contributed by atoms with van der Waals surface area (Å²) in [6.07, 6.45) is 0.969. The van der Waals surface area contributed by atoms with E-state index in [1.54, 1.807) is 38.5 Å². The number of urea groups is 1. The molecule has 0 aromatic heterocycles. The maximum Gasteiger partial charge on any atom is 0.319 e. The van der Waals surface area contributed by atoms with Gasteiger partial charge in [0.25, 0.3) is 0 Å². The van der Waals surface area contributed by atoms with E-state index in [1.807, 2.05) is 11.8 Å². The molecule has 5 nitrogen and oxygen atoms in total. The lowest BCUT2D eigenvalue weighted by atomic mass is 10.0. The first kappa shape index (κ1) is 15.0. The van der Waals surface area contributed by atoms with Gasteiger partial charge in [-0.1, -0.05) is 0 Å². The lowest BCUT2D eigenvalue weighted by molar-refractivity contribution is 0.0161. The Labute approximate surface area is 123 Å². The molecule has 0 bridgehead atoms. The predicted octanol–water partition coefficient (Wildman–Crippen LogP) is 2.34. The number of carbonyl (C=O) groups excluding carboxylic acids is 1. The van der Waals surface area contributed by atoms with E-state index < -0.39 is 0 Å². The number of thioether (sulfide) groups is 1. The molecule has 0 spiro atoms. The van der Waals surface area contributed by atoms with Gasteiger partial charge in [0.2, 0.25) is 0 Å². The number of ether oxygens (including phenoxy) is 2. The summed E-state index contributed by atoms with van der Waals surface area (Å²) in [4.78, 5) is 11.9. The van der Waals surface area contributed by atoms with Crippen LogP contribution in [0.2, 0.25) is 0 Å². The second kappa shape index (κ2) is 6.85. The molecule has 1 aliphatic rings. The van der Waals surface area contributed by atoms with Crippen molar-refractivity contribution in [1.29, 1.82) is 0 Å². The average Bonchev–Trinajstić information content (AvgIpc) is 2.95. The van der Waals surface area contributed by atoms with Gasteiger partial charge in [0.15, 0.2) is 0 Å². The van der Waals surface area contributed by atoms with Gasteiger partial charge in [0.05, 0.1) is 12.7 Å². The average molecular weight is 296 g/mol. The number of carbonyl (C=O) groups is 1. The fraction of sp³-hybridized carbons (Fsp3) is 0.500. The minimum Gasteiger partial charge on any atom is -0.497 e. The topological polar surface area (TPSA) is 59.6 Å². The zero-order chi connectivity index (χ0) is 14.4. The third-order valence-corrected chi connectivity index (χ3v) is 4.64. The van der Waals surface area contributed by atoms with E-state index in [1.165, 1.54) is 0 Å². The van der Waals surface area contributed by atoms with Crippen molar-refractivity contribution in [3.8, 4) is 5.75 Å². The van der Waals surface area contributed by atoms with Crippen LogP contribution in [0.25, 0.3) is 0 Å². The Hall–Kier alpha value is -1.40. The molecular formula is C14H20N2O3S. The Morgan fingerprint density at radius 3 is 2.65 bits per heavy atom. The summed E-state index contributed by atoms with van der Waals surface area (Å²) in [5, 5.41) is 5.66. The predicted molar refractivity (Wildman–Crippen MR) is 81.7 cm³/mol. The second-order valence-corrected chi connectivity index (χ2v) is 5.83. The summed E-state index contributed by atoms with van der Waals surface area (Å²) >= 11 is 1.85. The van der Waals surface area contributed by atoms with E-state index in [2.05, 4.69) is 10.6 Å². The van der Waals surface area contributed by atoms with Crippen LogP contribution in [0.15, 0.2) is 24.3 Å². The molecule has 1 unspecified atom stereocenters. The molecule has 0 aliphatic carbocycles. The van der Waals surface area contributed by atoms with Gasteiger partial charge in [-0.3, -0.25) is 0 Å². The molecule has 1 aromatic carbocycles. The fourth-order valence-corrected chi connectivity index (χ4v) is 3.45. The van der Waals surface area contributed by atoms with Crippen LogP contribution in [-0.4, -0.2) is 43.9 Å². The SMILES string of the molecule is COc1ccc(NC(=O)NCC2(OC)CCSC2)cc1. The molecule has 6 heteroatoms. The molecule has 2 rings (SSSR count). The minimum atomic E-state index is -0.220. The Bertz CT molecular complexity index is 444. The van der Waals surface area contributed by atoms with E-state index in [9.17, 15) is 4.79 Å². The lowest BCUT2D eigenvalue weighted by Gasteiger charge is -2.26. The van der Waals surface area contributed by atoms with Gasteiger partial charge in [0.1, 0.15) is 5.75 Å². The van der Waals surface area contributed by atoms with Crippen LogP contribution in [0.4, 0.5) is 10.5 Å². The van der Waals surface area contributed by atoms with Gasteiger partial charge in [-0.05, 0) is 36.4 Å². The number of hydrogen-bond acceptors (Lipinski definition) is 4. The third kappa shape index (κ3) is 3.80. The molecule has 1 atom stereocenters. The first-order chi connectivity index (χ1) is 9.67. The number of hydrogen-bond donors (Lipinski definition) is 2. The summed E-state index contributed by atoms with van der Waals surface area (Å²) in [5.74, 6) is 2.76. The van der Waals surface area contributed by atoms with Crippen molar-refractivity contribution in [3.63, 3.8) is 0 Å². The number of nitrogens with one attached hydrogen (secondary N) is 2. The van der Waals surface area contributed by atoms with Crippen LogP contribution in [0.1, 0.15) is 6.42 Å². The van der Waals surface area contributed by atoms with Crippen LogP contribution < -0.4 is 15.4 Å². The second-order valence-electron chi connectivity index (χ2n) is 4.73. The molecule has 2 amide bonds. The third-order valence-electron chi connectivity index (χ3n) is 3.42. The maximum absolute atomic E-state index is 11.9. The van der Waals surface area contributed by atoms with Crippen molar-refractivity contribution in [2.75, 3.05) is 37.6 Å². The number of benzene rings is 1. The Morgan fingerprint density at radius 2 is 2.10 bits per heavy atom. The van der Waals surface area contributed by atoms with Gasteiger partial charge in [-0.2, -0.15) is 11.8 Å². The number of rotatable bonds is 5. The highest BCUT2D eigenvalue weighted by Crippen LogP contribution is 2.30. The van der Waals surface area contributed by atoms with Gasteiger partial charge in [0, 0.05) is 25.1 Å². The van der Waals surface area contributed by atoms with Crippen LogP contribution in [0, 0.1) is 0 Å². The van der Waals surface area contributed by atoms with Crippen LogP contribution >= 0.6 is 11.8 Å². The number of anilines is 1. The van der Waals surface area contributed by atoms with Gasteiger partial charge >= 0.3 is 6.03 Å². The maximum atomic E-state index is 11.9. The van der Waals surface area contributed by atoms with Gasteiger partial charge < -0.3 is 20.1 Å². The Balaban J connectivity index is 1.82. The number of amides is 2. The van der Waals surface area contributed by atoms with E-state index in [0.717, 1.165) is 29.4 Å². The molecular weight excluding hydrogens is 276 g/mol. The molecule has 110 valence electrons. The normalized spacial score (nSPS) is 21.5. The van der Waals surface area contributed by atoms with Gasteiger partial charge in [-0.25, -0.2) is 4.79 Å². The molecule has 1 heterocycles. The van der Waals surface area contributed by atoms with E-state index >= 15 is 0 Å². The standard InChI is InChI=1S/C14H20N2O3S/c1-18-12-5-3-11(4-6-12)16-13(17)15-9-14(19-2)7-8-20-10-14/h3-6H,7-10H2,1-2H3,(H2,15,16,17). The van der Waals surface area contributed by atoms with Crippen molar-refractivity contribution in [3.05, 3.63) is 24.3 Å². The molecule has 0 radical (unpaired) electrons. The summed E-state index contributed by atoms with van der Waals surface area (Å²) < 4.78 is 10.6.